The first kappa shape index (κ1) is 11.9. The van der Waals surface area contributed by atoms with E-state index < -0.39 is 0 Å². The van der Waals surface area contributed by atoms with Gasteiger partial charge in [-0.1, -0.05) is 23.7 Å². The summed E-state index contributed by atoms with van der Waals surface area (Å²) in [5.41, 5.74) is 1.02. The van der Waals surface area contributed by atoms with Crippen molar-refractivity contribution in [3.05, 3.63) is 34.9 Å². The zero-order valence-corrected chi connectivity index (χ0v) is 9.62. The summed E-state index contributed by atoms with van der Waals surface area (Å²) in [4.78, 5) is 12.8. The first-order chi connectivity index (χ1) is 7.13. The molecule has 0 unspecified atom stereocenters. The summed E-state index contributed by atoms with van der Waals surface area (Å²) in [5.74, 6) is 0. The molecule has 0 saturated heterocycles. The van der Waals surface area contributed by atoms with Crippen molar-refractivity contribution in [3.8, 4) is 0 Å². The van der Waals surface area contributed by atoms with Gasteiger partial charge in [-0.3, -0.25) is 0 Å². The standard InChI is InChI=1S/C11H14ClNO2/c1-3-15-11(14)13(2)8-9-4-6-10(12)7-5-9/h4-7H,3,8H2,1-2H3. The molecule has 82 valence electrons. The number of hydrogen-bond acceptors (Lipinski definition) is 2. The molecule has 1 aromatic carbocycles. The number of benzene rings is 1. The van der Waals surface area contributed by atoms with Crippen LogP contribution in [-0.4, -0.2) is 24.6 Å². The summed E-state index contributed by atoms with van der Waals surface area (Å²) >= 11 is 5.76. The number of carbonyl (C=O) groups excluding carboxylic acids is 1. The number of ether oxygens (including phenoxy) is 1. The maximum Gasteiger partial charge on any atom is 0.409 e. The molecule has 0 heterocycles. The lowest BCUT2D eigenvalue weighted by molar-refractivity contribution is 0.114. The highest BCUT2D eigenvalue weighted by Crippen LogP contribution is 2.11. The average molecular weight is 228 g/mol. The van der Waals surface area contributed by atoms with Crippen molar-refractivity contribution in [2.24, 2.45) is 0 Å². The fourth-order valence-electron chi connectivity index (χ4n) is 1.16. The van der Waals surface area contributed by atoms with E-state index in [9.17, 15) is 4.79 Å². The van der Waals surface area contributed by atoms with E-state index in [1.54, 1.807) is 26.1 Å². The highest BCUT2D eigenvalue weighted by Gasteiger charge is 2.08. The molecule has 1 rings (SSSR count). The van der Waals surface area contributed by atoms with Crippen molar-refractivity contribution in [2.45, 2.75) is 13.5 Å². The van der Waals surface area contributed by atoms with E-state index in [1.807, 2.05) is 12.1 Å². The number of hydrogen-bond donors (Lipinski definition) is 0. The van der Waals surface area contributed by atoms with E-state index in [0.29, 0.717) is 18.2 Å². The van der Waals surface area contributed by atoms with Crippen molar-refractivity contribution in [3.63, 3.8) is 0 Å². The molecule has 0 N–H and O–H groups in total. The van der Waals surface area contributed by atoms with E-state index in [2.05, 4.69) is 0 Å². The summed E-state index contributed by atoms with van der Waals surface area (Å²) in [6.07, 6.45) is -0.313. The van der Waals surface area contributed by atoms with Gasteiger partial charge in [-0.25, -0.2) is 4.79 Å². The van der Waals surface area contributed by atoms with Gasteiger partial charge in [-0.05, 0) is 24.6 Å². The Morgan fingerprint density at radius 2 is 2.00 bits per heavy atom. The molecule has 1 amide bonds. The molecule has 0 fully saturated rings. The molecule has 0 bridgehead atoms. The summed E-state index contributed by atoms with van der Waals surface area (Å²) in [6.45, 7) is 2.70. The fourth-order valence-corrected chi connectivity index (χ4v) is 1.29. The zero-order chi connectivity index (χ0) is 11.3. The van der Waals surface area contributed by atoms with Crippen LogP contribution in [0.25, 0.3) is 0 Å². The smallest absolute Gasteiger partial charge is 0.409 e. The largest absolute Gasteiger partial charge is 0.450 e. The van der Waals surface area contributed by atoms with Crippen LogP contribution in [0.4, 0.5) is 4.79 Å². The first-order valence-corrected chi connectivity index (χ1v) is 5.13. The second-order valence-corrected chi connectivity index (χ2v) is 3.62. The minimum Gasteiger partial charge on any atom is -0.450 e. The van der Waals surface area contributed by atoms with E-state index >= 15 is 0 Å². The van der Waals surface area contributed by atoms with Crippen molar-refractivity contribution in [1.29, 1.82) is 0 Å². The molecule has 0 aromatic heterocycles. The van der Waals surface area contributed by atoms with Crippen LogP contribution in [-0.2, 0) is 11.3 Å². The SMILES string of the molecule is CCOC(=O)N(C)Cc1ccc(Cl)cc1. The highest BCUT2D eigenvalue weighted by atomic mass is 35.5. The summed E-state index contributed by atoms with van der Waals surface area (Å²) in [7, 11) is 1.70. The van der Waals surface area contributed by atoms with E-state index in [1.165, 1.54) is 4.90 Å². The molecule has 15 heavy (non-hydrogen) atoms. The highest BCUT2D eigenvalue weighted by molar-refractivity contribution is 6.30. The molecule has 0 saturated carbocycles. The van der Waals surface area contributed by atoms with Crippen LogP contribution in [0.5, 0.6) is 0 Å². The maximum absolute atomic E-state index is 11.3. The van der Waals surface area contributed by atoms with E-state index in [-0.39, 0.29) is 6.09 Å². The minimum atomic E-state index is -0.313. The average Bonchev–Trinajstić information content (AvgIpc) is 2.22. The Labute approximate surface area is 94.6 Å². The van der Waals surface area contributed by atoms with Gasteiger partial charge < -0.3 is 9.64 Å². The Kier molecular flexibility index (Phi) is 4.43. The second-order valence-electron chi connectivity index (χ2n) is 3.18. The molecular weight excluding hydrogens is 214 g/mol. The van der Waals surface area contributed by atoms with Crippen LogP contribution in [0.2, 0.25) is 5.02 Å². The minimum absolute atomic E-state index is 0.313. The normalized spacial score (nSPS) is 9.80. The molecule has 0 atom stereocenters. The lowest BCUT2D eigenvalue weighted by Gasteiger charge is -2.16. The molecule has 4 heteroatoms. The van der Waals surface area contributed by atoms with Gasteiger partial charge in [-0.15, -0.1) is 0 Å². The third-order valence-electron chi connectivity index (χ3n) is 1.91. The number of rotatable bonds is 3. The van der Waals surface area contributed by atoms with Crippen LogP contribution in [0, 0.1) is 0 Å². The van der Waals surface area contributed by atoms with Gasteiger partial charge >= 0.3 is 6.09 Å². The Morgan fingerprint density at radius 1 is 1.40 bits per heavy atom. The summed E-state index contributed by atoms with van der Waals surface area (Å²) in [5, 5.41) is 0.692. The van der Waals surface area contributed by atoms with Crippen LogP contribution >= 0.6 is 11.6 Å². The summed E-state index contributed by atoms with van der Waals surface area (Å²) < 4.78 is 4.86. The van der Waals surface area contributed by atoms with Crippen molar-refractivity contribution in [1.82, 2.24) is 4.90 Å². The van der Waals surface area contributed by atoms with E-state index in [0.717, 1.165) is 5.56 Å². The van der Waals surface area contributed by atoms with Gasteiger partial charge in [0.25, 0.3) is 0 Å². The van der Waals surface area contributed by atoms with Crippen LogP contribution in [0.1, 0.15) is 12.5 Å². The van der Waals surface area contributed by atoms with Crippen LogP contribution in [0.15, 0.2) is 24.3 Å². The molecular formula is C11H14ClNO2. The van der Waals surface area contributed by atoms with Gasteiger partial charge in [-0.2, -0.15) is 0 Å². The van der Waals surface area contributed by atoms with E-state index in [4.69, 9.17) is 16.3 Å². The lowest BCUT2D eigenvalue weighted by Crippen LogP contribution is -2.26. The van der Waals surface area contributed by atoms with Crippen molar-refractivity contribution >= 4 is 17.7 Å². The number of amides is 1. The molecule has 0 aliphatic heterocycles. The third-order valence-corrected chi connectivity index (χ3v) is 2.16. The topological polar surface area (TPSA) is 29.5 Å². The third kappa shape index (κ3) is 3.80. The fraction of sp³-hybridized carbons (Fsp3) is 0.364. The van der Waals surface area contributed by atoms with Crippen molar-refractivity contribution < 1.29 is 9.53 Å². The lowest BCUT2D eigenvalue weighted by atomic mass is 10.2. The first-order valence-electron chi connectivity index (χ1n) is 4.75. The molecule has 0 aliphatic carbocycles. The number of nitrogens with zero attached hydrogens (tertiary/aromatic N) is 1. The van der Waals surface area contributed by atoms with Crippen LogP contribution in [0.3, 0.4) is 0 Å². The molecule has 3 nitrogen and oxygen atoms in total. The molecule has 0 radical (unpaired) electrons. The Morgan fingerprint density at radius 3 is 2.53 bits per heavy atom. The zero-order valence-electron chi connectivity index (χ0n) is 8.87. The van der Waals surface area contributed by atoms with Gasteiger partial charge in [0.2, 0.25) is 0 Å². The quantitative estimate of drug-likeness (QED) is 0.795. The van der Waals surface area contributed by atoms with Crippen molar-refractivity contribution in [2.75, 3.05) is 13.7 Å². The number of halogens is 1. The summed E-state index contributed by atoms with van der Waals surface area (Å²) in [6, 6.07) is 7.38. The van der Waals surface area contributed by atoms with Crippen LogP contribution < -0.4 is 0 Å². The second kappa shape index (κ2) is 5.61. The number of carbonyl (C=O) groups is 1. The maximum atomic E-state index is 11.3. The molecule has 0 aliphatic rings. The monoisotopic (exact) mass is 227 g/mol. The predicted molar refractivity (Wildman–Crippen MR) is 59.9 cm³/mol. The molecule has 0 spiro atoms. The Bertz CT molecular complexity index is 324. The van der Waals surface area contributed by atoms with Gasteiger partial charge in [0, 0.05) is 18.6 Å². The molecule has 1 aromatic rings. The van der Waals surface area contributed by atoms with Gasteiger partial charge in [0.05, 0.1) is 6.61 Å². The van der Waals surface area contributed by atoms with Gasteiger partial charge in [0.15, 0.2) is 0 Å². The Balaban J connectivity index is 2.54. The Hall–Kier alpha value is -1.22. The van der Waals surface area contributed by atoms with Gasteiger partial charge in [0.1, 0.15) is 0 Å². The predicted octanol–water partition coefficient (Wildman–Crippen LogP) is 2.93.